The summed E-state index contributed by atoms with van der Waals surface area (Å²) in [5.74, 6) is 1.20. The zero-order valence-corrected chi connectivity index (χ0v) is 27.5. The molecule has 47 heavy (non-hydrogen) atoms. The minimum atomic E-state index is -1.07. The third-order valence-corrected chi connectivity index (χ3v) is 12.7. The van der Waals surface area contributed by atoms with Crippen molar-refractivity contribution in [3.8, 4) is 5.75 Å². The molecule has 3 saturated carbocycles. The zero-order valence-electron chi connectivity index (χ0n) is 27.5. The molecule has 0 bridgehead atoms. The van der Waals surface area contributed by atoms with Crippen molar-refractivity contribution >= 4 is 27.6 Å². The maximum absolute atomic E-state index is 14.2. The van der Waals surface area contributed by atoms with E-state index in [1.807, 2.05) is 60.7 Å². The molecule has 4 aromatic rings. The van der Waals surface area contributed by atoms with Gasteiger partial charge in [-0.15, -0.1) is 0 Å². The van der Waals surface area contributed by atoms with Gasteiger partial charge in [-0.1, -0.05) is 110 Å². The second-order valence-electron chi connectivity index (χ2n) is 15.2. The van der Waals surface area contributed by atoms with Crippen LogP contribution in [0.2, 0.25) is 0 Å². The van der Waals surface area contributed by atoms with Crippen molar-refractivity contribution in [2.75, 3.05) is 6.54 Å². The summed E-state index contributed by atoms with van der Waals surface area (Å²) in [6.45, 7) is 5.21. The second-order valence-corrected chi connectivity index (χ2v) is 15.2. The van der Waals surface area contributed by atoms with Gasteiger partial charge in [0.2, 0.25) is 0 Å². The van der Waals surface area contributed by atoms with Gasteiger partial charge < -0.3 is 19.8 Å². The molecule has 6 atom stereocenters. The van der Waals surface area contributed by atoms with Gasteiger partial charge in [-0.2, -0.15) is 0 Å². The lowest BCUT2D eigenvalue weighted by molar-refractivity contribution is -0.0988. The van der Waals surface area contributed by atoms with Gasteiger partial charge in [0.05, 0.1) is 18.2 Å². The first kappa shape index (κ1) is 30.4. The third kappa shape index (κ3) is 5.01. The van der Waals surface area contributed by atoms with Crippen molar-refractivity contribution in [2.45, 2.75) is 77.0 Å². The molecule has 0 saturated heterocycles. The molecule has 1 amide bonds. The second kappa shape index (κ2) is 11.4. The van der Waals surface area contributed by atoms with Crippen LogP contribution < -0.4 is 4.74 Å². The summed E-state index contributed by atoms with van der Waals surface area (Å²) < 4.78 is 6.10. The van der Waals surface area contributed by atoms with Crippen LogP contribution in [-0.4, -0.2) is 39.5 Å². The number of nitrogens with zero attached hydrogens (tertiary/aromatic N) is 1. The Labute approximate surface area is 277 Å². The molecule has 4 aliphatic rings. The number of hydrogen-bond donors (Lipinski definition) is 2. The van der Waals surface area contributed by atoms with E-state index < -0.39 is 11.7 Å². The van der Waals surface area contributed by atoms with Crippen molar-refractivity contribution in [3.63, 3.8) is 0 Å². The molecule has 0 aromatic heterocycles. The van der Waals surface area contributed by atoms with E-state index in [-0.39, 0.29) is 29.4 Å². The minimum absolute atomic E-state index is 0.0788. The highest BCUT2D eigenvalue weighted by molar-refractivity contribution is 5.86. The molecule has 0 heterocycles. The highest BCUT2D eigenvalue weighted by Gasteiger charge is 2.62. The van der Waals surface area contributed by atoms with Gasteiger partial charge >= 0.3 is 6.09 Å². The predicted octanol–water partition coefficient (Wildman–Crippen LogP) is 8.97. The SMILES string of the molecule is C[C@]12CC[C@H](O)CC1=CC=C1[C@@H]2CC[C@@]2(C)[C@H]1CC[C@@]2(O)CN(Cc1cccc2ccccc12)C(=O)Oc1ccc2ccccc2c1. The number of hydrogen-bond acceptors (Lipinski definition) is 4. The molecule has 2 N–H and O–H groups in total. The molecule has 242 valence electrons. The fraction of sp³-hybridized carbons (Fsp3) is 0.405. The topological polar surface area (TPSA) is 70.0 Å². The Morgan fingerprint density at radius 2 is 1.57 bits per heavy atom. The quantitative estimate of drug-likeness (QED) is 0.232. The Morgan fingerprint density at radius 1 is 0.830 bits per heavy atom. The molecule has 0 unspecified atom stereocenters. The number of rotatable bonds is 5. The summed E-state index contributed by atoms with van der Waals surface area (Å²) >= 11 is 0. The number of benzene rings is 4. The largest absolute Gasteiger partial charge is 0.415 e. The van der Waals surface area contributed by atoms with Gasteiger partial charge in [0.1, 0.15) is 5.75 Å². The maximum atomic E-state index is 14.2. The van der Waals surface area contributed by atoms with Crippen LogP contribution in [-0.2, 0) is 6.54 Å². The molecule has 4 aromatic carbocycles. The van der Waals surface area contributed by atoms with E-state index in [9.17, 15) is 15.0 Å². The van der Waals surface area contributed by atoms with E-state index >= 15 is 0 Å². The number of aliphatic hydroxyl groups excluding tert-OH is 1. The van der Waals surface area contributed by atoms with Gasteiger partial charge in [-0.25, -0.2) is 4.79 Å². The molecule has 5 nitrogen and oxygen atoms in total. The number of carbonyl (C=O) groups excluding carboxylic acids is 1. The van der Waals surface area contributed by atoms with Gasteiger partial charge in [-0.05, 0) is 101 Å². The van der Waals surface area contributed by atoms with E-state index in [1.54, 1.807) is 4.90 Å². The van der Waals surface area contributed by atoms with Crippen LogP contribution in [0.3, 0.4) is 0 Å². The fourth-order valence-corrected chi connectivity index (χ4v) is 9.89. The first-order valence-electron chi connectivity index (χ1n) is 17.4. The van der Waals surface area contributed by atoms with Crippen molar-refractivity contribution in [1.29, 1.82) is 0 Å². The van der Waals surface area contributed by atoms with Crippen LogP contribution in [0.1, 0.15) is 64.4 Å². The lowest BCUT2D eigenvalue weighted by Gasteiger charge is -2.56. The molecule has 0 radical (unpaired) electrons. The summed E-state index contributed by atoms with van der Waals surface area (Å²) in [5, 5.41) is 27.5. The molecule has 8 rings (SSSR count). The van der Waals surface area contributed by atoms with Gasteiger partial charge in [0.25, 0.3) is 0 Å². The number of carbonyl (C=O) groups is 1. The summed E-state index contributed by atoms with van der Waals surface area (Å²) in [5.41, 5.74) is 2.53. The van der Waals surface area contributed by atoms with Gasteiger partial charge in [0.15, 0.2) is 0 Å². The van der Waals surface area contributed by atoms with Crippen molar-refractivity contribution in [1.82, 2.24) is 4.90 Å². The number of ether oxygens (including phenoxy) is 1. The summed E-state index contributed by atoms with van der Waals surface area (Å²) in [6.07, 6.45) is 10.0. The number of amides is 1. The Hall–Kier alpha value is -3.93. The Bertz CT molecular complexity index is 1920. The van der Waals surface area contributed by atoms with Gasteiger partial charge in [0, 0.05) is 12.0 Å². The molecular formula is C42H45NO4. The van der Waals surface area contributed by atoms with Gasteiger partial charge in [-0.3, -0.25) is 0 Å². The highest BCUT2D eigenvalue weighted by atomic mass is 16.6. The molecule has 5 heteroatoms. The summed E-state index contributed by atoms with van der Waals surface area (Å²) in [7, 11) is 0. The first-order chi connectivity index (χ1) is 22.7. The smallest absolute Gasteiger partial charge is 0.410 e. The lowest BCUT2D eigenvalue weighted by atomic mass is 9.50. The fourth-order valence-electron chi connectivity index (χ4n) is 9.89. The number of allylic oxidation sites excluding steroid dienone is 3. The van der Waals surface area contributed by atoms with E-state index in [0.29, 0.717) is 24.6 Å². The number of fused-ring (bicyclic) bond motifs is 7. The standard InChI is InChI=1S/C42H45NO4/c1-40-21-18-33(44)25-32(40)15-17-36-37(40)19-22-41(2)38(36)20-23-42(41,46)27-43(26-31-12-7-11-29-9-5-6-13-35(29)31)39(45)47-34-16-14-28-8-3-4-10-30(28)24-34/h3-17,24,33,37-38,44,46H,18-23,25-27H2,1-2H3/t33-,37-,38-,40-,41-,42+/m0/s1. The highest BCUT2D eigenvalue weighted by Crippen LogP contribution is 2.66. The monoisotopic (exact) mass is 627 g/mol. The van der Waals surface area contributed by atoms with Crippen molar-refractivity contribution < 1.29 is 19.7 Å². The van der Waals surface area contributed by atoms with Crippen LogP contribution >= 0.6 is 0 Å². The normalized spacial score (nSPS) is 31.4. The molecule has 4 aliphatic carbocycles. The Balaban J connectivity index is 1.12. The lowest BCUT2D eigenvalue weighted by Crippen LogP contribution is -2.56. The van der Waals surface area contributed by atoms with E-state index in [1.165, 1.54) is 11.1 Å². The van der Waals surface area contributed by atoms with Crippen LogP contribution in [0.4, 0.5) is 4.79 Å². The predicted molar refractivity (Wildman–Crippen MR) is 187 cm³/mol. The average Bonchev–Trinajstić information content (AvgIpc) is 3.34. The van der Waals surface area contributed by atoms with Crippen LogP contribution in [0.25, 0.3) is 21.5 Å². The van der Waals surface area contributed by atoms with Crippen LogP contribution in [0, 0.1) is 22.7 Å². The van der Waals surface area contributed by atoms with Crippen LogP contribution in [0.15, 0.2) is 108 Å². The average molecular weight is 628 g/mol. The maximum Gasteiger partial charge on any atom is 0.415 e. The first-order valence-corrected chi connectivity index (χ1v) is 17.4. The molecule has 0 spiro atoms. The zero-order chi connectivity index (χ0) is 32.4. The summed E-state index contributed by atoms with van der Waals surface area (Å²) in [6, 6.07) is 28.3. The van der Waals surface area contributed by atoms with Crippen molar-refractivity contribution in [3.05, 3.63) is 114 Å². The summed E-state index contributed by atoms with van der Waals surface area (Å²) in [4.78, 5) is 15.9. The molecule has 0 aliphatic heterocycles. The van der Waals surface area contributed by atoms with E-state index in [0.717, 1.165) is 65.6 Å². The third-order valence-electron chi connectivity index (χ3n) is 12.7. The molecular weight excluding hydrogens is 582 g/mol. The number of aliphatic hydroxyl groups is 2. The van der Waals surface area contributed by atoms with Crippen LogP contribution in [0.5, 0.6) is 5.75 Å². The van der Waals surface area contributed by atoms with E-state index in [4.69, 9.17) is 4.74 Å². The van der Waals surface area contributed by atoms with Crippen molar-refractivity contribution in [2.24, 2.45) is 22.7 Å². The Morgan fingerprint density at radius 3 is 2.43 bits per heavy atom. The molecule has 3 fully saturated rings. The van der Waals surface area contributed by atoms with E-state index in [2.05, 4.69) is 50.3 Å². The minimum Gasteiger partial charge on any atom is -0.410 e. The Kier molecular flexibility index (Phi) is 7.34.